The summed E-state index contributed by atoms with van der Waals surface area (Å²) in [5, 5.41) is 3.77. The minimum Gasteiger partial charge on any atom is -0.377 e. The second kappa shape index (κ2) is 5.97. The average Bonchev–Trinajstić information content (AvgIpc) is 2.88. The molecule has 0 fully saturated rings. The first-order valence-corrected chi connectivity index (χ1v) is 7.06. The van der Waals surface area contributed by atoms with Gasteiger partial charge in [0.1, 0.15) is 5.82 Å². The molecule has 106 valence electrons. The Morgan fingerprint density at radius 2 is 1.90 bits per heavy atom. The average molecular weight is 299 g/mol. The van der Waals surface area contributed by atoms with E-state index in [1.54, 1.807) is 6.20 Å². The molecule has 0 aliphatic carbocycles. The highest BCUT2D eigenvalue weighted by Crippen LogP contribution is 2.20. The summed E-state index contributed by atoms with van der Waals surface area (Å²) in [4.78, 5) is 8.46. The van der Waals surface area contributed by atoms with Crippen molar-refractivity contribution in [2.24, 2.45) is 0 Å². The summed E-state index contributed by atoms with van der Waals surface area (Å²) in [5.41, 5.74) is 2.98. The van der Waals surface area contributed by atoms with Crippen molar-refractivity contribution in [3.63, 3.8) is 0 Å². The molecule has 5 heteroatoms. The molecule has 0 radical (unpaired) electrons. The maximum Gasteiger partial charge on any atom is 0.152 e. The summed E-state index contributed by atoms with van der Waals surface area (Å²) in [6.07, 6.45) is 3.55. The zero-order valence-corrected chi connectivity index (χ0v) is 12.4. The lowest BCUT2D eigenvalue weighted by Crippen LogP contribution is -2.07. The molecule has 0 unspecified atom stereocenters. The van der Waals surface area contributed by atoms with Crippen molar-refractivity contribution >= 4 is 17.3 Å². The van der Waals surface area contributed by atoms with Crippen LogP contribution in [0.25, 0.3) is 5.69 Å². The van der Waals surface area contributed by atoms with E-state index in [-0.39, 0.29) is 0 Å². The second-order valence-corrected chi connectivity index (χ2v) is 5.02. The molecule has 0 aliphatic rings. The number of aromatic nitrogens is 3. The molecule has 0 bridgehead atoms. The van der Waals surface area contributed by atoms with Gasteiger partial charge >= 0.3 is 0 Å². The fourth-order valence-corrected chi connectivity index (χ4v) is 2.44. The van der Waals surface area contributed by atoms with Gasteiger partial charge in [-0.2, -0.15) is 0 Å². The van der Waals surface area contributed by atoms with Crippen LogP contribution in [0.15, 0.2) is 54.9 Å². The zero-order valence-electron chi connectivity index (χ0n) is 11.6. The standard InChI is InChI=1S/C16H15ClN4/c1-12-19-10-14(21(12)13-6-3-2-4-7-13)11-20-15-8-5-9-18-16(15)17/h2-10,20H,11H2,1H3. The molecule has 2 heterocycles. The van der Waals surface area contributed by atoms with Crippen LogP contribution in [-0.4, -0.2) is 14.5 Å². The summed E-state index contributed by atoms with van der Waals surface area (Å²) < 4.78 is 2.12. The molecule has 21 heavy (non-hydrogen) atoms. The molecule has 0 saturated heterocycles. The molecule has 3 rings (SSSR count). The number of hydrogen-bond donors (Lipinski definition) is 1. The lowest BCUT2D eigenvalue weighted by Gasteiger charge is -2.12. The third kappa shape index (κ3) is 2.90. The Kier molecular flexibility index (Phi) is 3.88. The normalized spacial score (nSPS) is 10.6. The van der Waals surface area contributed by atoms with Gasteiger partial charge in [-0.3, -0.25) is 4.57 Å². The van der Waals surface area contributed by atoms with E-state index < -0.39 is 0 Å². The lowest BCUT2D eigenvalue weighted by atomic mass is 10.3. The number of hydrogen-bond acceptors (Lipinski definition) is 3. The Labute approximate surface area is 128 Å². The van der Waals surface area contributed by atoms with Gasteiger partial charge in [0.15, 0.2) is 5.15 Å². The van der Waals surface area contributed by atoms with E-state index in [1.807, 2.05) is 43.5 Å². The molecule has 0 saturated carbocycles. The Morgan fingerprint density at radius 3 is 2.67 bits per heavy atom. The van der Waals surface area contributed by atoms with Crippen molar-refractivity contribution < 1.29 is 0 Å². The van der Waals surface area contributed by atoms with Crippen LogP contribution < -0.4 is 5.32 Å². The van der Waals surface area contributed by atoms with Gasteiger partial charge in [-0.15, -0.1) is 0 Å². The molecule has 0 aliphatic heterocycles. The summed E-state index contributed by atoms with van der Waals surface area (Å²) in [7, 11) is 0. The molecule has 0 atom stereocenters. The van der Waals surface area contributed by atoms with Crippen LogP contribution in [0, 0.1) is 6.92 Å². The number of pyridine rings is 1. The SMILES string of the molecule is Cc1ncc(CNc2cccnc2Cl)n1-c1ccccc1. The minimum absolute atomic E-state index is 0.472. The van der Waals surface area contributed by atoms with Crippen LogP contribution in [-0.2, 0) is 6.54 Å². The van der Waals surface area contributed by atoms with E-state index in [9.17, 15) is 0 Å². The minimum atomic E-state index is 0.472. The van der Waals surface area contributed by atoms with Gasteiger partial charge in [0.05, 0.1) is 24.1 Å². The van der Waals surface area contributed by atoms with Crippen molar-refractivity contribution in [2.75, 3.05) is 5.32 Å². The zero-order chi connectivity index (χ0) is 14.7. The highest BCUT2D eigenvalue weighted by atomic mass is 35.5. The van der Waals surface area contributed by atoms with Crippen LogP contribution in [0.2, 0.25) is 5.15 Å². The lowest BCUT2D eigenvalue weighted by molar-refractivity contribution is 0.899. The first kappa shape index (κ1) is 13.6. The topological polar surface area (TPSA) is 42.7 Å². The highest BCUT2D eigenvalue weighted by Gasteiger charge is 2.09. The number of halogens is 1. The highest BCUT2D eigenvalue weighted by molar-refractivity contribution is 6.31. The van der Waals surface area contributed by atoms with Crippen LogP contribution >= 0.6 is 11.6 Å². The Balaban J connectivity index is 1.86. The Hall–Kier alpha value is -2.33. The molecule has 1 aromatic carbocycles. The number of para-hydroxylation sites is 1. The molecule has 2 aromatic heterocycles. The summed E-state index contributed by atoms with van der Waals surface area (Å²) in [5.74, 6) is 0.954. The second-order valence-electron chi connectivity index (χ2n) is 4.66. The van der Waals surface area contributed by atoms with E-state index in [4.69, 9.17) is 11.6 Å². The molecule has 3 aromatic rings. The summed E-state index contributed by atoms with van der Waals surface area (Å²) in [6.45, 7) is 2.62. The third-order valence-corrected chi connectivity index (χ3v) is 3.55. The number of aryl methyl sites for hydroxylation is 1. The molecule has 1 N–H and O–H groups in total. The van der Waals surface area contributed by atoms with Gasteiger partial charge in [-0.05, 0) is 31.2 Å². The number of imidazole rings is 1. The van der Waals surface area contributed by atoms with Crippen molar-refractivity contribution in [1.82, 2.24) is 14.5 Å². The van der Waals surface area contributed by atoms with Gasteiger partial charge in [-0.1, -0.05) is 29.8 Å². The largest absolute Gasteiger partial charge is 0.377 e. The Bertz CT molecular complexity index is 737. The van der Waals surface area contributed by atoms with Crippen molar-refractivity contribution in [3.05, 3.63) is 71.5 Å². The predicted octanol–water partition coefficient (Wildman–Crippen LogP) is 3.84. The Morgan fingerprint density at radius 1 is 1.10 bits per heavy atom. The smallest absolute Gasteiger partial charge is 0.152 e. The fourth-order valence-electron chi connectivity index (χ4n) is 2.25. The van der Waals surface area contributed by atoms with E-state index >= 15 is 0 Å². The van der Waals surface area contributed by atoms with Gasteiger partial charge in [0.25, 0.3) is 0 Å². The van der Waals surface area contributed by atoms with Gasteiger partial charge in [0, 0.05) is 11.9 Å². The first-order chi connectivity index (χ1) is 10.3. The summed E-state index contributed by atoms with van der Waals surface area (Å²) in [6, 6.07) is 13.9. The third-order valence-electron chi connectivity index (χ3n) is 3.24. The van der Waals surface area contributed by atoms with Crippen molar-refractivity contribution in [2.45, 2.75) is 13.5 Å². The number of nitrogens with zero attached hydrogens (tertiary/aromatic N) is 3. The van der Waals surface area contributed by atoms with Crippen LogP contribution in [0.5, 0.6) is 0 Å². The molecular weight excluding hydrogens is 284 g/mol. The number of benzene rings is 1. The molecule has 0 amide bonds. The maximum absolute atomic E-state index is 6.06. The van der Waals surface area contributed by atoms with E-state index in [0.29, 0.717) is 11.7 Å². The molecular formula is C16H15ClN4. The predicted molar refractivity (Wildman–Crippen MR) is 84.9 cm³/mol. The van der Waals surface area contributed by atoms with Gasteiger partial charge < -0.3 is 5.32 Å². The molecule has 0 spiro atoms. The van der Waals surface area contributed by atoms with Crippen LogP contribution in [0.3, 0.4) is 0 Å². The van der Waals surface area contributed by atoms with Crippen molar-refractivity contribution in [1.29, 1.82) is 0 Å². The fraction of sp³-hybridized carbons (Fsp3) is 0.125. The monoisotopic (exact) mass is 298 g/mol. The van der Waals surface area contributed by atoms with Gasteiger partial charge in [0.2, 0.25) is 0 Å². The van der Waals surface area contributed by atoms with Crippen LogP contribution in [0.4, 0.5) is 5.69 Å². The quantitative estimate of drug-likeness (QED) is 0.744. The maximum atomic E-state index is 6.06. The first-order valence-electron chi connectivity index (χ1n) is 6.69. The summed E-state index contributed by atoms with van der Waals surface area (Å²) >= 11 is 6.06. The van der Waals surface area contributed by atoms with Gasteiger partial charge in [-0.25, -0.2) is 9.97 Å². The number of anilines is 1. The van der Waals surface area contributed by atoms with E-state index in [2.05, 4.69) is 32.0 Å². The molecule has 4 nitrogen and oxygen atoms in total. The number of nitrogens with one attached hydrogen (secondary N) is 1. The van der Waals surface area contributed by atoms with E-state index in [1.165, 1.54) is 0 Å². The van der Waals surface area contributed by atoms with Crippen LogP contribution in [0.1, 0.15) is 11.5 Å². The van der Waals surface area contributed by atoms with Crippen molar-refractivity contribution in [3.8, 4) is 5.69 Å². The van der Waals surface area contributed by atoms with E-state index in [0.717, 1.165) is 22.9 Å². The number of rotatable bonds is 4.